The Hall–Kier alpha value is -1.02. The lowest BCUT2D eigenvalue weighted by molar-refractivity contribution is 0.129. The summed E-state index contributed by atoms with van der Waals surface area (Å²) >= 11 is 0. The van der Waals surface area contributed by atoms with Crippen LogP contribution in [-0.4, -0.2) is 39.9 Å². The van der Waals surface area contributed by atoms with E-state index in [9.17, 15) is 0 Å². The van der Waals surface area contributed by atoms with Crippen LogP contribution in [0.15, 0.2) is 29.3 Å². The normalized spacial score (nSPS) is 14.2. The molecule has 0 atom stereocenters. The largest absolute Gasteiger partial charge is 0.497 e. The molecule has 0 unspecified atom stereocenters. The van der Waals surface area contributed by atoms with E-state index in [2.05, 4.69) is 15.6 Å². The maximum absolute atomic E-state index is 5.58. The Morgan fingerprint density at radius 1 is 1.23 bits per heavy atom. The zero-order valence-corrected chi connectivity index (χ0v) is 15.6. The Labute approximate surface area is 149 Å². The number of benzene rings is 1. The van der Waals surface area contributed by atoms with Gasteiger partial charge in [0, 0.05) is 26.7 Å². The molecule has 0 aliphatic heterocycles. The fourth-order valence-electron chi connectivity index (χ4n) is 1.93. The average molecular weight is 419 g/mol. The van der Waals surface area contributed by atoms with E-state index in [1.54, 1.807) is 14.2 Å². The highest BCUT2D eigenvalue weighted by molar-refractivity contribution is 14.0. The summed E-state index contributed by atoms with van der Waals surface area (Å²) < 4.78 is 10.7. The van der Waals surface area contributed by atoms with Gasteiger partial charge in [-0.1, -0.05) is 12.1 Å². The standard InChI is InChI=1S/C16H25N3O2.HI/c1-17-16(18-9-10-21-12-14-3-4-14)19-11-13-5-7-15(20-2)8-6-13;/h5-8,14H,3-4,9-12H2,1-2H3,(H2,17,18,19);1H. The summed E-state index contributed by atoms with van der Waals surface area (Å²) in [4.78, 5) is 4.20. The number of hydrogen-bond donors (Lipinski definition) is 2. The molecule has 5 nitrogen and oxygen atoms in total. The number of nitrogens with one attached hydrogen (secondary N) is 2. The molecule has 2 N–H and O–H groups in total. The van der Waals surface area contributed by atoms with Crippen molar-refractivity contribution in [2.24, 2.45) is 10.9 Å². The van der Waals surface area contributed by atoms with Crippen molar-refractivity contribution in [3.8, 4) is 5.75 Å². The molecule has 22 heavy (non-hydrogen) atoms. The van der Waals surface area contributed by atoms with E-state index in [-0.39, 0.29) is 24.0 Å². The first-order valence-electron chi connectivity index (χ1n) is 7.47. The molecule has 0 saturated heterocycles. The first kappa shape index (κ1) is 19.0. The molecule has 2 rings (SSSR count). The van der Waals surface area contributed by atoms with Crippen molar-refractivity contribution in [2.45, 2.75) is 19.4 Å². The number of aliphatic imine (C=N–C) groups is 1. The lowest BCUT2D eigenvalue weighted by Gasteiger charge is -2.12. The van der Waals surface area contributed by atoms with Crippen molar-refractivity contribution in [1.82, 2.24) is 10.6 Å². The second-order valence-corrected chi connectivity index (χ2v) is 5.22. The quantitative estimate of drug-likeness (QED) is 0.294. The lowest BCUT2D eigenvalue weighted by Crippen LogP contribution is -2.38. The second-order valence-electron chi connectivity index (χ2n) is 5.22. The van der Waals surface area contributed by atoms with E-state index in [1.807, 2.05) is 24.3 Å². The number of guanidine groups is 1. The summed E-state index contributed by atoms with van der Waals surface area (Å²) in [6.07, 6.45) is 2.66. The molecule has 0 aromatic heterocycles. The van der Waals surface area contributed by atoms with Crippen LogP contribution in [0.1, 0.15) is 18.4 Å². The van der Waals surface area contributed by atoms with Crippen LogP contribution in [0.4, 0.5) is 0 Å². The number of ether oxygens (including phenoxy) is 2. The number of hydrogen-bond acceptors (Lipinski definition) is 3. The predicted molar refractivity (Wildman–Crippen MR) is 100 cm³/mol. The molecule has 0 amide bonds. The van der Waals surface area contributed by atoms with Gasteiger partial charge >= 0.3 is 0 Å². The maximum Gasteiger partial charge on any atom is 0.191 e. The van der Waals surface area contributed by atoms with Gasteiger partial charge in [-0.25, -0.2) is 0 Å². The van der Waals surface area contributed by atoms with Crippen LogP contribution in [0.2, 0.25) is 0 Å². The predicted octanol–water partition coefficient (Wildman–Crippen LogP) is 2.40. The third kappa shape index (κ3) is 7.31. The van der Waals surface area contributed by atoms with Crippen LogP contribution >= 0.6 is 24.0 Å². The van der Waals surface area contributed by atoms with E-state index < -0.39 is 0 Å². The van der Waals surface area contributed by atoms with Crippen LogP contribution in [0.25, 0.3) is 0 Å². The molecule has 0 radical (unpaired) electrons. The van der Waals surface area contributed by atoms with Gasteiger partial charge in [0.15, 0.2) is 5.96 Å². The number of halogens is 1. The van der Waals surface area contributed by atoms with E-state index in [0.717, 1.165) is 43.9 Å². The van der Waals surface area contributed by atoms with Crippen molar-refractivity contribution < 1.29 is 9.47 Å². The molecule has 1 aromatic rings. The SMILES string of the molecule is CN=C(NCCOCC1CC1)NCc1ccc(OC)cc1.I. The minimum absolute atomic E-state index is 0. The Balaban J connectivity index is 0.00000242. The fraction of sp³-hybridized carbons (Fsp3) is 0.562. The van der Waals surface area contributed by atoms with Crippen molar-refractivity contribution in [1.29, 1.82) is 0 Å². The van der Waals surface area contributed by atoms with Gasteiger partial charge in [0.1, 0.15) is 5.75 Å². The van der Waals surface area contributed by atoms with Gasteiger partial charge in [-0.3, -0.25) is 4.99 Å². The van der Waals surface area contributed by atoms with Crippen LogP contribution < -0.4 is 15.4 Å². The molecule has 1 aliphatic rings. The highest BCUT2D eigenvalue weighted by Crippen LogP contribution is 2.28. The van der Waals surface area contributed by atoms with Gasteiger partial charge in [-0.2, -0.15) is 0 Å². The summed E-state index contributed by atoms with van der Waals surface area (Å²) in [5.74, 6) is 2.48. The molecule has 1 fully saturated rings. The van der Waals surface area contributed by atoms with Crippen molar-refractivity contribution >= 4 is 29.9 Å². The molecule has 1 aliphatic carbocycles. The number of nitrogens with zero attached hydrogens (tertiary/aromatic N) is 1. The molecule has 0 spiro atoms. The second kappa shape index (κ2) is 10.7. The lowest BCUT2D eigenvalue weighted by atomic mass is 10.2. The maximum atomic E-state index is 5.58. The summed E-state index contributed by atoms with van der Waals surface area (Å²) in [6.45, 7) is 3.13. The smallest absolute Gasteiger partial charge is 0.191 e. The first-order chi connectivity index (χ1) is 10.3. The summed E-state index contributed by atoms with van der Waals surface area (Å²) in [5, 5.41) is 6.52. The molecule has 124 valence electrons. The van der Waals surface area contributed by atoms with Gasteiger partial charge in [-0.15, -0.1) is 24.0 Å². The summed E-state index contributed by atoms with van der Waals surface area (Å²) in [6, 6.07) is 7.99. The van der Waals surface area contributed by atoms with Crippen molar-refractivity contribution in [2.75, 3.05) is 33.9 Å². The molecular formula is C16H26IN3O2. The molecule has 6 heteroatoms. The molecule has 0 bridgehead atoms. The van der Waals surface area contributed by atoms with Crippen molar-refractivity contribution in [3.05, 3.63) is 29.8 Å². The van der Waals surface area contributed by atoms with Gasteiger partial charge in [0.2, 0.25) is 0 Å². The van der Waals surface area contributed by atoms with Crippen molar-refractivity contribution in [3.63, 3.8) is 0 Å². The summed E-state index contributed by atoms with van der Waals surface area (Å²) in [5.41, 5.74) is 1.18. The minimum atomic E-state index is 0. The van der Waals surface area contributed by atoms with E-state index in [4.69, 9.17) is 9.47 Å². The van der Waals surface area contributed by atoms with Gasteiger partial charge in [0.05, 0.1) is 13.7 Å². The zero-order chi connectivity index (χ0) is 14.9. The zero-order valence-electron chi connectivity index (χ0n) is 13.3. The Morgan fingerprint density at radius 2 is 1.95 bits per heavy atom. The van der Waals surface area contributed by atoms with Gasteiger partial charge in [-0.05, 0) is 36.5 Å². The highest BCUT2D eigenvalue weighted by atomic mass is 127. The van der Waals surface area contributed by atoms with Crippen LogP contribution in [0.5, 0.6) is 5.75 Å². The van der Waals surface area contributed by atoms with Crippen LogP contribution in [-0.2, 0) is 11.3 Å². The first-order valence-corrected chi connectivity index (χ1v) is 7.47. The highest BCUT2D eigenvalue weighted by Gasteiger charge is 2.20. The topological polar surface area (TPSA) is 54.9 Å². The van der Waals surface area contributed by atoms with E-state index in [0.29, 0.717) is 0 Å². The van der Waals surface area contributed by atoms with Crippen LogP contribution in [0.3, 0.4) is 0 Å². The van der Waals surface area contributed by atoms with Gasteiger partial charge < -0.3 is 20.1 Å². The Morgan fingerprint density at radius 3 is 2.55 bits per heavy atom. The Bertz CT molecular complexity index is 447. The average Bonchev–Trinajstić information content (AvgIpc) is 3.35. The monoisotopic (exact) mass is 419 g/mol. The molecular weight excluding hydrogens is 393 g/mol. The van der Waals surface area contributed by atoms with Crippen LogP contribution in [0, 0.1) is 5.92 Å². The number of rotatable bonds is 8. The molecule has 1 aromatic carbocycles. The fourth-order valence-corrected chi connectivity index (χ4v) is 1.93. The summed E-state index contributed by atoms with van der Waals surface area (Å²) in [7, 11) is 3.44. The Kier molecular flexibility index (Phi) is 9.22. The number of methoxy groups -OCH3 is 1. The third-order valence-electron chi connectivity index (χ3n) is 3.43. The molecule has 0 heterocycles. The van der Waals surface area contributed by atoms with Gasteiger partial charge in [0.25, 0.3) is 0 Å². The molecule has 1 saturated carbocycles. The van der Waals surface area contributed by atoms with E-state index >= 15 is 0 Å². The minimum Gasteiger partial charge on any atom is -0.497 e. The van der Waals surface area contributed by atoms with E-state index in [1.165, 1.54) is 18.4 Å². The third-order valence-corrected chi connectivity index (χ3v) is 3.43.